The largest absolute Gasteiger partial charge is 0.458 e. The average molecular weight is 365 g/mol. The summed E-state index contributed by atoms with van der Waals surface area (Å²) in [6.45, 7) is 6.59. The van der Waals surface area contributed by atoms with Crippen molar-refractivity contribution in [2.45, 2.75) is 32.6 Å². The minimum absolute atomic E-state index is 0.0444. The molecular formula is C15H15N3O6S. The summed E-state index contributed by atoms with van der Waals surface area (Å²) in [4.78, 5) is 11.7. The molecule has 25 heavy (non-hydrogen) atoms. The minimum atomic E-state index is -4.35. The Morgan fingerprint density at radius 3 is 2.20 bits per heavy atom. The maximum Gasteiger partial charge on any atom is 0.458 e. The van der Waals surface area contributed by atoms with Crippen LogP contribution in [0.4, 0.5) is 0 Å². The van der Waals surface area contributed by atoms with Gasteiger partial charge in [0.1, 0.15) is 11.4 Å². The lowest BCUT2D eigenvalue weighted by Crippen LogP contribution is -2.25. The number of aromatic nitrogens is 3. The van der Waals surface area contributed by atoms with Gasteiger partial charge in [-0.25, -0.2) is 13.2 Å². The zero-order valence-electron chi connectivity index (χ0n) is 13.9. The number of hydrogen-bond donors (Lipinski definition) is 0. The van der Waals surface area contributed by atoms with Gasteiger partial charge in [0.25, 0.3) is 10.0 Å². The molecule has 3 rings (SSSR count). The molecule has 0 aliphatic carbocycles. The molecule has 3 aromatic rings. The molecule has 132 valence electrons. The van der Waals surface area contributed by atoms with Crippen LogP contribution in [-0.4, -0.2) is 22.7 Å². The van der Waals surface area contributed by atoms with E-state index in [1.165, 1.54) is 13.8 Å². The van der Waals surface area contributed by atoms with Gasteiger partial charge < -0.3 is 9.26 Å². The fourth-order valence-corrected chi connectivity index (χ4v) is 4.02. The number of aryl methyl sites for hydroxylation is 4. The number of ether oxygens (including phenoxy) is 1. The van der Waals surface area contributed by atoms with Crippen molar-refractivity contribution in [3.8, 4) is 11.8 Å². The Morgan fingerprint density at radius 1 is 1.00 bits per heavy atom. The van der Waals surface area contributed by atoms with E-state index >= 15 is 0 Å². The highest BCUT2D eigenvalue weighted by Gasteiger charge is 2.33. The highest BCUT2D eigenvalue weighted by molar-refractivity contribution is 7.90. The first kappa shape index (κ1) is 17.0. The van der Waals surface area contributed by atoms with Gasteiger partial charge in [-0.15, -0.1) is 3.97 Å². The molecule has 2 aromatic heterocycles. The van der Waals surface area contributed by atoms with Gasteiger partial charge in [-0.1, -0.05) is 11.2 Å². The standard InChI is InChI=1S/C15H15N3O6S/c1-8-5-9(2)7-12(6-8)22-14-17-24-15(19)18(14)25(20,21)13-10(3)16-23-11(13)4/h5-7H,1-4H3. The van der Waals surface area contributed by atoms with E-state index < -0.39 is 21.8 Å². The van der Waals surface area contributed by atoms with E-state index in [0.717, 1.165) is 11.1 Å². The van der Waals surface area contributed by atoms with Crippen LogP contribution in [0.15, 0.2) is 36.9 Å². The van der Waals surface area contributed by atoms with Gasteiger partial charge in [0, 0.05) is 0 Å². The smallest absolute Gasteiger partial charge is 0.423 e. The van der Waals surface area contributed by atoms with Crippen molar-refractivity contribution in [3.05, 3.63) is 51.3 Å². The molecule has 0 atom stereocenters. The first-order chi connectivity index (χ1) is 11.7. The lowest BCUT2D eigenvalue weighted by Gasteiger charge is -2.08. The van der Waals surface area contributed by atoms with Gasteiger partial charge in [-0.3, -0.25) is 4.52 Å². The molecule has 0 unspecified atom stereocenters. The Morgan fingerprint density at radius 2 is 1.64 bits per heavy atom. The molecule has 0 aliphatic rings. The molecule has 0 amide bonds. The predicted molar refractivity (Wildman–Crippen MR) is 85.3 cm³/mol. The van der Waals surface area contributed by atoms with Gasteiger partial charge in [0.05, 0.1) is 0 Å². The van der Waals surface area contributed by atoms with E-state index in [1.54, 1.807) is 12.1 Å². The molecule has 0 aliphatic heterocycles. The van der Waals surface area contributed by atoms with Gasteiger partial charge in [0.2, 0.25) is 0 Å². The molecule has 0 spiro atoms. The van der Waals surface area contributed by atoms with Crippen LogP contribution in [0, 0.1) is 27.7 Å². The predicted octanol–water partition coefficient (Wildman–Crippen LogP) is 2.09. The fraction of sp³-hybridized carbons (Fsp3) is 0.267. The molecule has 1 aromatic carbocycles. The zero-order valence-corrected chi connectivity index (χ0v) is 14.7. The van der Waals surface area contributed by atoms with Gasteiger partial charge >= 0.3 is 11.8 Å². The number of rotatable bonds is 4. The summed E-state index contributed by atoms with van der Waals surface area (Å²) in [5.41, 5.74) is 1.92. The van der Waals surface area contributed by atoms with Crippen molar-refractivity contribution in [2.75, 3.05) is 0 Å². The van der Waals surface area contributed by atoms with Crippen molar-refractivity contribution in [1.29, 1.82) is 0 Å². The third-order valence-electron chi connectivity index (χ3n) is 3.41. The molecule has 0 saturated carbocycles. The summed E-state index contributed by atoms with van der Waals surface area (Å²) in [6.07, 6.45) is 0. The second kappa shape index (κ2) is 5.88. The Hall–Kier alpha value is -2.88. The molecule has 9 nitrogen and oxygen atoms in total. The molecule has 0 bridgehead atoms. The molecule has 0 saturated heterocycles. The van der Waals surface area contributed by atoms with Gasteiger partial charge in [0.15, 0.2) is 10.7 Å². The van der Waals surface area contributed by atoms with E-state index in [0.29, 0.717) is 9.72 Å². The maximum atomic E-state index is 12.8. The van der Waals surface area contributed by atoms with Gasteiger partial charge in [-0.05, 0) is 56.1 Å². The van der Waals surface area contributed by atoms with E-state index in [2.05, 4.69) is 14.8 Å². The first-order valence-corrected chi connectivity index (χ1v) is 8.67. The van der Waals surface area contributed by atoms with Crippen molar-refractivity contribution >= 4 is 10.0 Å². The Balaban J connectivity index is 2.13. The van der Waals surface area contributed by atoms with Gasteiger partial charge in [-0.2, -0.15) is 0 Å². The quantitative estimate of drug-likeness (QED) is 0.690. The Labute approximate surface area is 142 Å². The zero-order chi connectivity index (χ0) is 18.4. The summed E-state index contributed by atoms with van der Waals surface area (Å²) < 4.78 is 40.9. The summed E-state index contributed by atoms with van der Waals surface area (Å²) in [7, 11) is -4.35. The van der Waals surface area contributed by atoms with Crippen molar-refractivity contribution in [3.63, 3.8) is 0 Å². The van der Waals surface area contributed by atoms with Crippen molar-refractivity contribution in [1.82, 2.24) is 14.3 Å². The second-order valence-electron chi connectivity index (χ2n) is 5.58. The summed E-state index contributed by atoms with van der Waals surface area (Å²) in [5, 5.41) is 7.03. The molecule has 0 fully saturated rings. The van der Waals surface area contributed by atoms with E-state index in [1.807, 2.05) is 19.9 Å². The fourth-order valence-electron chi connectivity index (χ4n) is 2.52. The number of benzene rings is 1. The van der Waals surface area contributed by atoms with E-state index in [4.69, 9.17) is 9.26 Å². The highest BCUT2D eigenvalue weighted by Crippen LogP contribution is 2.27. The summed E-state index contributed by atoms with van der Waals surface area (Å²) in [5.74, 6) is -0.823. The Bertz CT molecular complexity index is 1070. The topological polar surface area (TPSA) is 117 Å². The van der Waals surface area contributed by atoms with Crippen molar-refractivity contribution < 1.29 is 22.2 Å². The number of hydrogen-bond acceptors (Lipinski definition) is 8. The van der Waals surface area contributed by atoms with E-state index in [-0.39, 0.29) is 16.3 Å². The van der Waals surface area contributed by atoms with Crippen LogP contribution >= 0.6 is 0 Å². The van der Waals surface area contributed by atoms with Crippen LogP contribution in [0.25, 0.3) is 0 Å². The van der Waals surface area contributed by atoms with Crippen molar-refractivity contribution in [2.24, 2.45) is 0 Å². The minimum Gasteiger partial charge on any atom is -0.423 e. The molecular weight excluding hydrogens is 350 g/mol. The van der Waals surface area contributed by atoms with E-state index in [9.17, 15) is 13.2 Å². The number of nitrogens with zero attached hydrogens (tertiary/aromatic N) is 3. The SMILES string of the molecule is Cc1cc(C)cc(Oc2noc(=O)n2S(=O)(=O)c2c(C)noc2C)c1. The molecule has 2 heterocycles. The monoisotopic (exact) mass is 365 g/mol. The van der Waals surface area contributed by atoms with Crippen LogP contribution in [0.2, 0.25) is 0 Å². The summed E-state index contributed by atoms with van der Waals surface area (Å²) >= 11 is 0. The normalized spacial score (nSPS) is 11.7. The lowest BCUT2D eigenvalue weighted by molar-refractivity contribution is 0.351. The average Bonchev–Trinajstić information content (AvgIpc) is 3.01. The lowest BCUT2D eigenvalue weighted by atomic mass is 10.1. The molecule has 10 heteroatoms. The Kier molecular flexibility index (Phi) is 3.99. The highest BCUT2D eigenvalue weighted by atomic mass is 32.2. The third-order valence-corrected chi connectivity index (χ3v) is 5.30. The van der Waals surface area contributed by atoms with Crippen LogP contribution in [0.5, 0.6) is 11.8 Å². The third kappa shape index (κ3) is 2.95. The molecule has 0 radical (unpaired) electrons. The summed E-state index contributed by atoms with van der Waals surface area (Å²) in [6, 6.07) is 4.77. The second-order valence-corrected chi connectivity index (χ2v) is 7.30. The van der Waals surface area contributed by atoms with Crippen LogP contribution < -0.4 is 10.5 Å². The van der Waals surface area contributed by atoms with Crippen LogP contribution in [-0.2, 0) is 10.0 Å². The van der Waals surface area contributed by atoms with Crippen LogP contribution in [0.3, 0.4) is 0 Å². The molecule has 0 N–H and O–H groups in total. The first-order valence-electron chi connectivity index (χ1n) is 7.23. The van der Waals surface area contributed by atoms with Crippen LogP contribution in [0.1, 0.15) is 22.6 Å². The maximum absolute atomic E-state index is 12.8.